The van der Waals surface area contributed by atoms with E-state index >= 15 is 0 Å². The van der Waals surface area contributed by atoms with Crippen molar-refractivity contribution in [2.24, 2.45) is 0 Å². The fourth-order valence-electron chi connectivity index (χ4n) is 1.32. The second-order valence-electron chi connectivity index (χ2n) is 2.90. The summed E-state index contributed by atoms with van der Waals surface area (Å²) in [6, 6.07) is 3.67. The predicted octanol–water partition coefficient (Wildman–Crippen LogP) is 2.85. The number of alkyl halides is 3. The topological polar surface area (TPSA) is 60.5 Å². The first-order chi connectivity index (χ1) is 7.65. The smallest absolute Gasteiger partial charge is 0.254 e. The van der Waals surface area contributed by atoms with Crippen LogP contribution in [0.15, 0.2) is 6.20 Å². The Balaban J connectivity index is 3.46. The highest BCUT2D eigenvalue weighted by Gasteiger charge is 2.19. The summed E-state index contributed by atoms with van der Waals surface area (Å²) in [5.74, 6) is 0. The number of hydrogen-bond donors (Lipinski definition) is 0. The highest BCUT2D eigenvalue weighted by molar-refractivity contribution is 9.08. The van der Waals surface area contributed by atoms with E-state index in [0.29, 0.717) is 5.56 Å². The highest BCUT2D eigenvalue weighted by atomic mass is 79.9. The Morgan fingerprint density at radius 3 is 2.50 bits per heavy atom. The van der Waals surface area contributed by atoms with E-state index in [9.17, 15) is 8.78 Å². The number of rotatable bonds is 3. The van der Waals surface area contributed by atoms with Gasteiger partial charge >= 0.3 is 0 Å². The molecule has 0 radical (unpaired) electrons. The maximum absolute atomic E-state index is 12.6. The van der Waals surface area contributed by atoms with Crippen molar-refractivity contribution in [3.63, 3.8) is 0 Å². The van der Waals surface area contributed by atoms with Crippen LogP contribution >= 0.6 is 15.9 Å². The van der Waals surface area contributed by atoms with Crippen LogP contribution in [0.2, 0.25) is 0 Å². The molecule has 3 nitrogen and oxygen atoms in total. The Labute approximate surface area is 99.5 Å². The predicted molar refractivity (Wildman–Crippen MR) is 55.9 cm³/mol. The average Bonchev–Trinajstić information content (AvgIpc) is 2.28. The van der Waals surface area contributed by atoms with Gasteiger partial charge in [-0.2, -0.15) is 10.5 Å². The largest absolute Gasteiger partial charge is 0.280 e. The van der Waals surface area contributed by atoms with Crippen LogP contribution in [0, 0.1) is 22.7 Å². The molecule has 0 atom stereocenters. The van der Waals surface area contributed by atoms with E-state index in [-0.39, 0.29) is 22.9 Å². The molecule has 0 saturated carbocycles. The first kappa shape index (κ1) is 12.5. The zero-order chi connectivity index (χ0) is 12.1. The summed E-state index contributed by atoms with van der Waals surface area (Å²) in [5.41, 5.74) is 0.351. The Kier molecular flexibility index (Phi) is 4.33. The minimum atomic E-state index is -2.74. The molecule has 0 bridgehead atoms. The summed E-state index contributed by atoms with van der Waals surface area (Å²) in [6.07, 6.45) is -1.81. The lowest BCUT2D eigenvalue weighted by Crippen LogP contribution is -2.04. The van der Waals surface area contributed by atoms with E-state index in [1.165, 1.54) is 0 Å². The van der Waals surface area contributed by atoms with Gasteiger partial charge in [0.1, 0.15) is 11.8 Å². The van der Waals surface area contributed by atoms with Gasteiger partial charge < -0.3 is 0 Å². The van der Waals surface area contributed by atoms with Gasteiger partial charge in [-0.3, -0.25) is 4.98 Å². The molecule has 0 aliphatic carbocycles. The van der Waals surface area contributed by atoms with E-state index in [4.69, 9.17) is 10.5 Å². The third kappa shape index (κ3) is 2.34. The lowest BCUT2D eigenvalue weighted by molar-refractivity contribution is 0.145. The molecule has 0 N–H and O–H groups in total. The van der Waals surface area contributed by atoms with Crippen molar-refractivity contribution < 1.29 is 8.78 Å². The Hall–Kier alpha value is -1.53. The molecular weight excluding hydrogens is 280 g/mol. The third-order valence-electron chi connectivity index (χ3n) is 2.05. The lowest BCUT2D eigenvalue weighted by Gasteiger charge is -2.10. The maximum atomic E-state index is 12.6. The Morgan fingerprint density at radius 2 is 2.06 bits per heavy atom. The van der Waals surface area contributed by atoms with E-state index in [2.05, 4.69) is 20.9 Å². The number of aromatic nitrogens is 1. The van der Waals surface area contributed by atoms with Gasteiger partial charge in [0, 0.05) is 11.5 Å². The van der Waals surface area contributed by atoms with Crippen LogP contribution in [0.4, 0.5) is 8.78 Å². The molecule has 6 heteroatoms. The fraction of sp³-hybridized carbons (Fsp3) is 0.300. The molecule has 0 aliphatic heterocycles. The van der Waals surface area contributed by atoms with Crippen LogP contribution in [0.1, 0.15) is 28.8 Å². The van der Waals surface area contributed by atoms with Crippen LogP contribution in [-0.2, 0) is 11.8 Å². The third-order valence-corrected chi connectivity index (χ3v) is 2.61. The van der Waals surface area contributed by atoms with Crippen LogP contribution < -0.4 is 0 Å². The average molecular weight is 286 g/mol. The fourth-order valence-corrected chi connectivity index (χ4v) is 1.96. The number of hydrogen-bond acceptors (Lipinski definition) is 3. The number of pyridine rings is 1. The zero-order valence-corrected chi connectivity index (χ0v) is 9.63. The van der Waals surface area contributed by atoms with Crippen molar-refractivity contribution in [2.45, 2.75) is 18.2 Å². The van der Waals surface area contributed by atoms with E-state index in [1.54, 1.807) is 6.07 Å². The van der Waals surface area contributed by atoms with Gasteiger partial charge in [-0.05, 0) is 11.1 Å². The second-order valence-corrected chi connectivity index (χ2v) is 3.46. The second kappa shape index (κ2) is 5.53. The van der Waals surface area contributed by atoms with Gasteiger partial charge in [0.2, 0.25) is 0 Å². The van der Waals surface area contributed by atoms with Crippen molar-refractivity contribution in [2.75, 3.05) is 0 Å². The number of nitrogens with zero attached hydrogens (tertiary/aromatic N) is 3. The first-order valence-corrected chi connectivity index (χ1v) is 5.39. The minimum Gasteiger partial charge on any atom is -0.254 e. The molecular formula is C10H6BrF2N3. The van der Waals surface area contributed by atoms with Crippen LogP contribution in [0.5, 0.6) is 0 Å². The summed E-state index contributed by atoms with van der Waals surface area (Å²) in [4.78, 5) is 3.53. The number of halogens is 3. The van der Waals surface area contributed by atoms with Gasteiger partial charge in [-0.15, -0.1) is 0 Å². The van der Waals surface area contributed by atoms with E-state index < -0.39 is 12.1 Å². The molecule has 0 amide bonds. The van der Waals surface area contributed by atoms with E-state index in [1.807, 2.05) is 6.07 Å². The SMILES string of the molecule is N#CCc1c(C(F)F)ncc(C#N)c1CBr. The van der Waals surface area contributed by atoms with Crippen molar-refractivity contribution >= 4 is 15.9 Å². The molecule has 0 unspecified atom stereocenters. The normalized spacial score (nSPS) is 9.88. The van der Waals surface area contributed by atoms with Crippen LogP contribution in [-0.4, -0.2) is 4.98 Å². The summed E-state index contributed by atoms with van der Waals surface area (Å²) < 4.78 is 25.3. The maximum Gasteiger partial charge on any atom is 0.280 e. The van der Waals surface area contributed by atoms with Crippen LogP contribution in [0.3, 0.4) is 0 Å². The van der Waals surface area contributed by atoms with Crippen LogP contribution in [0.25, 0.3) is 0 Å². The standard InChI is InChI=1S/C10H6BrF2N3/c11-3-8-6(4-15)5-16-9(10(12)13)7(8)1-2-14/h5,10H,1,3H2. The highest BCUT2D eigenvalue weighted by Crippen LogP contribution is 2.27. The monoisotopic (exact) mass is 285 g/mol. The van der Waals surface area contributed by atoms with Crippen molar-refractivity contribution in [3.8, 4) is 12.1 Å². The molecule has 1 heterocycles. The van der Waals surface area contributed by atoms with Gasteiger partial charge in [0.25, 0.3) is 6.43 Å². The van der Waals surface area contributed by atoms with Crippen molar-refractivity contribution in [3.05, 3.63) is 28.6 Å². The Bertz CT molecular complexity index is 474. The molecule has 0 aliphatic rings. The molecule has 0 fully saturated rings. The summed E-state index contributed by atoms with van der Waals surface area (Å²) in [6.45, 7) is 0. The molecule has 1 rings (SSSR count). The summed E-state index contributed by atoms with van der Waals surface area (Å²) >= 11 is 3.12. The quantitative estimate of drug-likeness (QED) is 0.803. The van der Waals surface area contributed by atoms with E-state index in [0.717, 1.165) is 6.20 Å². The molecule has 16 heavy (non-hydrogen) atoms. The molecule has 0 aromatic carbocycles. The molecule has 0 saturated heterocycles. The van der Waals surface area contributed by atoms with Gasteiger partial charge in [-0.25, -0.2) is 8.78 Å². The van der Waals surface area contributed by atoms with Gasteiger partial charge in [0.05, 0.1) is 18.1 Å². The van der Waals surface area contributed by atoms with Gasteiger partial charge in [0.15, 0.2) is 0 Å². The van der Waals surface area contributed by atoms with Gasteiger partial charge in [-0.1, -0.05) is 15.9 Å². The number of nitriles is 2. The lowest BCUT2D eigenvalue weighted by atomic mass is 10.0. The molecule has 82 valence electrons. The van der Waals surface area contributed by atoms with Crippen molar-refractivity contribution in [1.29, 1.82) is 10.5 Å². The molecule has 0 spiro atoms. The van der Waals surface area contributed by atoms with Crippen molar-refractivity contribution in [1.82, 2.24) is 4.98 Å². The summed E-state index contributed by atoms with van der Waals surface area (Å²) in [5, 5.41) is 17.6. The first-order valence-electron chi connectivity index (χ1n) is 4.27. The summed E-state index contributed by atoms with van der Waals surface area (Å²) in [7, 11) is 0. The molecule has 1 aromatic rings. The zero-order valence-electron chi connectivity index (χ0n) is 8.04. The Morgan fingerprint density at radius 1 is 1.38 bits per heavy atom. The minimum absolute atomic E-state index is 0.147. The molecule has 1 aromatic heterocycles.